The number of benzene rings is 2. The fourth-order valence-electron chi connectivity index (χ4n) is 4.15. The van der Waals surface area contributed by atoms with Gasteiger partial charge in [-0.2, -0.15) is 0 Å². The second-order valence-corrected chi connectivity index (χ2v) is 10.2. The molecule has 1 N–H and O–H groups in total. The summed E-state index contributed by atoms with van der Waals surface area (Å²) in [6, 6.07) is 11.8. The molecule has 0 heterocycles. The zero-order valence-electron chi connectivity index (χ0n) is 18.4. The Morgan fingerprint density at radius 3 is 2.47 bits per heavy atom. The van der Waals surface area contributed by atoms with Gasteiger partial charge in [0, 0.05) is 0 Å². The number of nitrogens with zero attached hydrogens (tertiary/aromatic N) is 1. The van der Waals surface area contributed by atoms with E-state index in [2.05, 4.69) is 23.5 Å². The molecule has 3 rings (SSSR count). The molecule has 0 aliphatic heterocycles. The summed E-state index contributed by atoms with van der Waals surface area (Å²) in [5.41, 5.74) is 6.27. The predicted molar refractivity (Wildman–Crippen MR) is 122 cm³/mol. The van der Waals surface area contributed by atoms with Gasteiger partial charge in [0.05, 0.1) is 18.0 Å². The first-order valence-electron chi connectivity index (χ1n) is 10.7. The fraction of sp³-hybridized carbons (Fsp3) is 0.458. The minimum Gasteiger partial charge on any atom is -0.348 e. The zero-order chi connectivity index (χ0) is 21.9. The molecule has 0 saturated carbocycles. The summed E-state index contributed by atoms with van der Waals surface area (Å²) in [6.07, 6.45) is 6.54. The molecule has 1 aliphatic carbocycles. The lowest BCUT2D eigenvalue weighted by Crippen LogP contribution is -2.41. The smallest absolute Gasteiger partial charge is 0.241 e. The first-order chi connectivity index (χ1) is 14.2. The standard InChI is InChI=1S/C24H32N2O3S/c1-5-22(21-14-13-19-10-6-7-11-20(19)15-21)25-24(27)16-26(30(4,28)29)23-12-8-9-17(2)18(23)3/h8-9,12-15,22H,5-7,10-11,16H2,1-4H3,(H,25,27)/t22-/m0/s1. The van der Waals surface area contributed by atoms with Crippen LogP contribution in [0.5, 0.6) is 0 Å². The molecule has 0 unspecified atom stereocenters. The number of carbonyl (C=O) groups is 1. The Hall–Kier alpha value is -2.34. The molecule has 0 bridgehead atoms. The van der Waals surface area contributed by atoms with Crippen LogP contribution in [0.4, 0.5) is 5.69 Å². The molecule has 0 spiro atoms. The van der Waals surface area contributed by atoms with Gasteiger partial charge < -0.3 is 5.32 Å². The van der Waals surface area contributed by atoms with Crippen molar-refractivity contribution in [3.63, 3.8) is 0 Å². The molecule has 1 atom stereocenters. The van der Waals surface area contributed by atoms with Crippen LogP contribution in [0.3, 0.4) is 0 Å². The molecule has 1 aliphatic rings. The second kappa shape index (κ2) is 9.21. The average molecular weight is 429 g/mol. The number of anilines is 1. The number of rotatable bonds is 7. The third-order valence-corrected chi connectivity index (χ3v) is 7.18. The third kappa shape index (κ3) is 5.04. The summed E-state index contributed by atoms with van der Waals surface area (Å²) in [5, 5.41) is 3.05. The van der Waals surface area contributed by atoms with Gasteiger partial charge in [0.15, 0.2) is 0 Å². The van der Waals surface area contributed by atoms with E-state index in [-0.39, 0.29) is 18.5 Å². The van der Waals surface area contributed by atoms with Crippen LogP contribution in [0.15, 0.2) is 36.4 Å². The summed E-state index contributed by atoms with van der Waals surface area (Å²) in [6.45, 7) is 5.61. The van der Waals surface area contributed by atoms with Crippen LogP contribution < -0.4 is 9.62 Å². The normalized spacial score (nSPS) is 14.7. The molecule has 0 saturated heterocycles. The highest BCUT2D eigenvalue weighted by Gasteiger charge is 2.24. The molecule has 162 valence electrons. The summed E-state index contributed by atoms with van der Waals surface area (Å²) < 4.78 is 26.1. The Balaban J connectivity index is 1.80. The minimum atomic E-state index is -3.60. The maximum atomic E-state index is 12.9. The van der Waals surface area contributed by atoms with Crippen LogP contribution in [0.1, 0.15) is 60.0 Å². The van der Waals surface area contributed by atoms with Crippen LogP contribution in [0.25, 0.3) is 0 Å². The average Bonchev–Trinajstić information content (AvgIpc) is 2.71. The molecule has 2 aromatic rings. The lowest BCUT2D eigenvalue weighted by molar-refractivity contribution is -0.120. The van der Waals surface area contributed by atoms with Gasteiger partial charge in [-0.25, -0.2) is 8.42 Å². The number of amides is 1. The van der Waals surface area contributed by atoms with E-state index in [4.69, 9.17) is 0 Å². The van der Waals surface area contributed by atoms with E-state index in [0.717, 1.165) is 42.2 Å². The Labute approximate surface area is 180 Å². The maximum Gasteiger partial charge on any atom is 0.241 e. The molecule has 6 heteroatoms. The first kappa shape index (κ1) is 22.3. The van der Waals surface area contributed by atoms with Crippen LogP contribution in [-0.4, -0.2) is 27.1 Å². The van der Waals surface area contributed by atoms with Crippen molar-refractivity contribution in [3.05, 3.63) is 64.2 Å². The van der Waals surface area contributed by atoms with E-state index >= 15 is 0 Å². The van der Waals surface area contributed by atoms with Gasteiger partial charge in [-0.3, -0.25) is 9.10 Å². The van der Waals surface area contributed by atoms with Crippen molar-refractivity contribution < 1.29 is 13.2 Å². The van der Waals surface area contributed by atoms with Crippen LogP contribution in [0.2, 0.25) is 0 Å². The largest absolute Gasteiger partial charge is 0.348 e. The van der Waals surface area contributed by atoms with Gasteiger partial charge in [-0.1, -0.05) is 37.3 Å². The van der Waals surface area contributed by atoms with E-state index < -0.39 is 10.0 Å². The van der Waals surface area contributed by atoms with E-state index in [1.54, 1.807) is 6.07 Å². The summed E-state index contributed by atoms with van der Waals surface area (Å²) >= 11 is 0. The summed E-state index contributed by atoms with van der Waals surface area (Å²) in [4.78, 5) is 12.9. The number of hydrogen-bond donors (Lipinski definition) is 1. The van der Waals surface area contributed by atoms with Gasteiger partial charge in [-0.15, -0.1) is 0 Å². The van der Waals surface area contributed by atoms with E-state index in [9.17, 15) is 13.2 Å². The molecule has 0 radical (unpaired) electrons. The SMILES string of the molecule is CC[C@H](NC(=O)CN(c1cccc(C)c1C)S(C)(=O)=O)c1ccc2c(c1)CCCC2. The van der Waals surface area contributed by atoms with Crippen LogP contribution in [0, 0.1) is 13.8 Å². The van der Waals surface area contributed by atoms with Crippen molar-refractivity contribution in [3.8, 4) is 0 Å². The molecule has 1 amide bonds. The predicted octanol–water partition coefficient (Wildman–Crippen LogP) is 4.22. The van der Waals surface area contributed by atoms with Gasteiger partial charge in [0.2, 0.25) is 15.9 Å². The third-order valence-electron chi connectivity index (χ3n) is 6.05. The Morgan fingerprint density at radius 1 is 1.10 bits per heavy atom. The van der Waals surface area contributed by atoms with Crippen molar-refractivity contribution in [2.45, 2.75) is 58.9 Å². The van der Waals surface area contributed by atoms with E-state index in [0.29, 0.717) is 5.69 Å². The summed E-state index contributed by atoms with van der Waals surface area (Å²) in [7, 11) is -3.60. The topological polar surface area (TPSA) is 66.5 Å². The van der Waals surface area contributed by atoms with Gasteiger partial charge in [-0.05, 0) is 79.8 Å². The van der Waals surface area contributed by atoms with Gasteiger partial charge in [0.25, 0.3) is 0 Å². The minimum absolute atomic E-state index is 0.134. The number of hydrogen-bond acceptors (Lipinski definition) is 3. The Morgan fingerprint density at radius 2 is 1.80 bits per heavy atom. The number of nitrogens with one attached hydrogen (secondary N) is 1. The highest BCUT2D eigenvalue weighted by molar-refractivity contribution is 7.92. The molecular formula is C24H32N2O3S. The van der Waals surface area contributed by atoms with Crippen LogP contribution in [-0.2, 0) is 27.7 Å². The quantitative estimate of drug-likeness (QED) is 0.718. The monoisotopic (exact) mass is 428 g/mol. The highest BCUT2D eigenvalue weighted by atomic mass is 32.2. The van der Waals surface area contributed by atoms with Crippen molar-refractivity contribution >= 4 is 21.6 Å². The van der Waals surface area contributed by atoms with E-state index in [1.807, 2.05) is 32.9 Å². The molecule has 0 aromatic heterocycles. The Kier molecular flexibility index (Phi) is 6.86. The molecule has 5 nitrogen and oxygen atoms in total. The van der Waals surface area contributed by atoms with Crippen molar-refractivity contribution in [1.29, 1.82) is 0 Å². The second-order valence-electron chi connectivity index (χ2n) is 8.25. The first-order valence-corrected chi connectivity index (χ1v) is 12.5. The lowest BCUT2D eigenvalue weighted by Gasteiger charge is -2.26. The number of aryl methyl sites for hydroxylation is 3. The molecule has 2 aromatic carbocycles. The van der Waals surface area contributed by atoms with Crippen molar-refractivity contribution in [2.75, 3.05) is 17.1 Å². The number of carbonyl (C=O) groups excluding carboxylic acids is 1. The fourth-order valence-corrected chi connectivity index (χ4v) is 5.06. The van der Waals surface area contributed by atoms with Gasteiger partial charge in [0.1, 0.15) is 6.54 Å². The highest BCUT2D eigenvalue weighted by Crippen LogP contribution is 2.27. The van der Waals surface area contributed by atoms with Crippen molar-refractivity contribution in [2.24, 2.45) is 0 Å². The zero-order valence-corrected chi connectivity index (χ0v) is 19.2. The molecule has 30 heavy (non-hydrogen) atoms. The Bertz CT molecular complexity index is 1030. The van der Waals surface area contributed by atoms with Crippen molar-refractivity contribution in [1.82, 2.24) is 5.32 Å². The molecular weight excluding hydrogens is 396 g/mol. The summed E-state index contributed by atoms with van der Waals surface area (Å²) in [5.74, 6) is -0.300. The maximum absolute atomic E-state index is 12.9. The molecule has 0 fully saturated rings. The number of fused-ring (bicyclic) bond motifs is 1. The lowest BCUT2D eigenvalue weighted by atomic mass is 9.89. The van der Waals surface area contributed by atoms with Crippen LogP contribution >= 0.6 is 0 Å². The van der Waals surface area contributed by atoms with E-state index in [1.165, 1.54) is 28.3 Å². The van der Waals surface area contributed by atoms with Gasteiger partial charge >= 0.3 is 0 Å². The number of sulfonamides is 1.